The second-order valence-corrected chi connectivity index (χ2v) is 10.6. The van der Waals surface area contributed by atoms with Crippen LogP contribution in [-0.4, -0.2) is 70.8 Å². The molecule has 1 aromatic carbocycles. The van der Waals surface area contributed by atoms with Crippen LogP contribution < -0.4 is 10.6 Å². The summed E-state index contributed by atoms with van der Waals surface area (Å²) < 4.78 is 0. The number of thioether (sulfide) groups is 1. The van der Waals surface area contributed by atoms with Crippen LogP contribution in [0, 0.1) is 12.8 Å². The van der Waals surface area contributed by atoms with Gasteiger partial charge >= 0.3 is 0 Å². The number of hydrogen-bond donors (Lipinski definition) is 2. The molecule has 9 heteroatoms. The quantitative estimate of drug-likeness (QED) is 0.643. The number of thiazole rings is 1. The van der Waals surface area contributed by atoms with Gasteiger partial charge in [-0.3, -0.25) is 19.4 Å². The number of carbonyl (C=O) groups excluding carboxylic acids is 2. The highest BCUT2D eigenvalue weighted by Crippen LogP contribution is 2.21. The molecule has 2 aliphatic rings. The number of nitrogens with one attached hydrogen (secondary N) is 2. The summed E-state index contributed by atoms with van der Waals surface area (Å²) in [7, 11) is 0. The highest BCUT2D eigenvalue weighted by atomic mass is 32.2. The molecule has 2 fully saturated rings. The summed E-state index contributed by atoms with van der Waals surface area (Å²) in [5.74, 6) is 2.40. The van der Waals surface area contributed by atoms with Crippen molar-refractivity contribution in [1.29, 1.82) is 0 Å². The summed E-state index contributed by atoms with van der Waals surface area (Å²) in [6.45, 7) is 6.94. The average molecular weight is 474 g/mol. The van der Waals surface area contributed by atoms with Gasteiger partial charge in [0, 0.05) is 48.1 Å². The molecule has 32 heavy (non-hydrogen) atoms. The highest BCUT2D eigenvalue weighted by molar-refractivity contribution is 7.99. The van der Waals surface area contributed by atoms with Crippen molar-refractivity contribution in [2.45, 2.75) is 26.3 Å². The largest absolute Gasteiger partial charge is 0.325 e. The van der Waals surface area contributed by atoms with Crippen molar-refractivity contribution in [3.05, 3.63) is 40.9 Å². The van der Waals surface area contributed by atoms with Crippen LogP contribution in [0.2, 0.25) is 0 Å². The first-order valence-corrected chi connectivity index (χ1v) is 13.2. The highest BCUT2D eigenvalue weighted by Gasteiger charge is 2.26. The van der Waals surface area contributed by atoms with Crippen LogP contribution in [0.5, 0.6) is 0 Å². The molecule has 0 saturated carbocycles. The standard InChI is InChI=1S/C23H31N5O2S2/c1-17-16-32-23(24-17)26-22(30)19-5-7-27(8-6-19)15-21(29)25-20-4-2-3-18(13-20)14-28-9-11-31-12-10-28/h2-4,13,16,19H,5-12,14-15H2,1H3,(H,25,29)(H,24,26,30). The van der Waals surface area contributed by atoms with Crippen LogP contribution in [0.1, 0.15) is 24.1 Å². The van der Waals surface area contributed by atoms with E-state index in [9.17, 15) is 9.59 Å². The van der Waals surface area contributed by atoms with Crippen LogP contribution in [0.15, 0.2) is 29.6 Å². The van der Waals surface area contributed by atoms with Crippen LogP contribution in [-0.2, 0) is 16.1 Å². The minimum absolute atomic E-state index is 0.00214. The number of nitrogens with zero attached hydrogens (tertiary/aromatic N) is 3. The van der Waals surface area contributed by atoms with E-state index in [0.717, 1.165) is 56.9 Å². The van der Waals surface area contributed by atoms with E-state index in [1.807, 2.05) is 36.2 Å². The van der Waals surface area contributed by atoms with Gasteiger partial charge in [-0.15, -0.1) is 11.3 Å². The first-order chi connectivity index (χ1) is 15.5. The molecule has 0 spiro atoms. The molecule has 2 N–H and O–H groups in total. The minimum atomic E-state index is -0.0246. The van der Waals surface area contributed by atoms with Gasteiger partial charge in [0.15, 0.2) is 5.13 Å². The molecule has 0 aliphatic carbocycles. The number of anilines is 2. The van der Waals surface area contributed by atoms with Crippen LogP contribution in [0.25, 0.3) is 0 Å². The monoisotopic (exact) mass is 473 g/mol. The number of carbonyl (C=O) groups is 2. The normalized spacial score (nSPS) is 18.4. The zero-order chi connectivity index (χ0) is 22.3. The van der Waals surface area contributed by atoms with E-state index >= 15 is 0 Å². The molecular formula is C23H31N5O2S2. The number of benzene rings is 1. The van der Waals surface area contributed by atoms with Gasteiger partial charge in [-0.25, -0.2) is 4.98 Å². The Morgan fingerprint density at radius 3 is 2.59 bits per heavy atom. The Morgan fingerprint density at radius 2 is 1.88 bits per heavy atom. The summed E-state index contributed by atoms with van der Waals surface area (Å²) in [5, 5.41) is 8.56. The van der Waals surface area contributed by atoms with Gasteiger partial charge in [0.05, 0.1) is 12.2 Å². The van der Waals surface area contributed by atoms with Gasteiger partial charge < -0.3 is 10.6 Å². The maximum atomic E-state index is 12.6. The fraction of sp³-hybridized carbons (Fsp3) is 0.522. The topological polar surface area (TPSA) is 77.6 Å². The molecule has 172 valence electrons. The molecule has 3 heterocycles. The summed E-state index contributed by atoms with van der Waals surface area (Å²) in [5.41, 5.74) is 3.01. The third-order valence-corrected chi connectivity index (χ3v) is 7.71. The van der Waals surface area contributed by atoms with Crippen molar-refractivity contribution in [2.24, 2.45) is 5.92 Å². The first-order valence-electron chi connectivity index (χ1n) is 11.2. The van der Waals surface area contributed by atoms with Gasteiger partial charge in [-0.05, 0) is 50.6 Å². The lowest BCUT2D eigenvalue weighted by atomic mass is 9.96. The van der Waals surface area contributed by atoms with Crippen molar-refractivity contribution in [1.82, 2.24) is 14.8 Å². The maximum absolute atomic E-state index is 12.6. The molecule has 4 rings (SSSR count). The molecule has 2 saturated heterocycles. The second kappa shape index (κ2) is 11.3. The number of hydrogen-bond acceptors (Lipinski definition) is 7. The van der Waals surface area contributed by atoms with Gasteiger partial charge in [0.1, 0.15) is 0 Å². The molecule has 0 atom stereocenters. The number of rotatable bonds is 7. The smallest absolute Gasteiger partial charge is 0.238 e. The van der Waals surface area contributed by atoms with E-state index in [1.165, 1.54) is 28.4 Å². The Bertz CT molecular complexity index is 921. The summed E-state index contributed by atoms with van der Waals surface area (Å²) in [6.07, 6.45) is 1.51. The van der Waals surface area contributed by atoms with E-state index in [1.54, 1.807) is 0 Å². The molecule has 2 aliphatic heterocycles. The van der Waals surface area contributed by atoms with Crippen molar-refractivity contribution >= 4 is 45.7 Å². The van der Waals surface area contributed by atoms with Crippen LogP contribution in [0.3, 0.4) is 0 Å². The molecule has 0 radical (unpaired) electrons. The molecular weight excluding hydrogens is 442 g/mol. The van der Waals surface area contributed by atoms with Crippen molar-refractivity contribution in [3.63, 3.8) is 0 Å². The number of aromatic nitrogens is 1. The summed E-state index contributed by atoms with van der Waals surface area (Å²) >= 11 is 3.46. The van der Waals surface area contributed by atoms with E-state index in [-0.39, 0.29) is 17.7 Å². The lowest BCUT2D eigenvalue weighted by Gasteiger charge is -2.30. The number of piperidine rings is 1. The fourth-order valence-electron chi connectivity index (χ4n) is 4.14. The third kappa shape index (κ3) is 6.78. The van der Waals surface area contributed by atoms with Crippen LogP contribution in [0.4, 0.5) is 10.8 Å². The van der Waals surface area contributed by atoms with Gasteiger partial charge in [-0.2, -0.15) is 11.8 Å². The van der Waals surface area contributed by atoms with Gasteiger partial charge in [0.2, 0.25) is 11.8 Å². The zero-order valence-corrected chi connectivity index (χ0v) is 20.1. The maximum Gasteiger partial charge on any atom is 0.238 e. The third-order valence-electron chi connectivity index (χ3n) is 5.90. The Morgan fingerprint density at radius 1 is 1.09 bits per heavy atom. The van der Waals surface area contributed by atoms with E-state index < -0.39 is 0 Å². The Kier molecular flexibility index (Phi) is 8.18. The minimum Gasteiger partial charge on any atom is -0.325 e. The Balaban J connectivity index is 1.20. The SMILES string of the molecule is Cc1csc(NC(=O)C2CCN(CC(=O)Nc3cccc(CN4CCSCC4)c3)CC2)n1. The number of amides is 2. The van der Waals surface area contributed by atoms with Crippen molar-refractivity contribution in [2.75, 3.05) is 54.9 Å². The number of aryl methyl sites for hydroxylation is 1. The predicted octanol–water partition coefficient (Wildman–Crippen LogP) is 3.29. The number of likely N-dealkylation sites (tertiary alicyclic amines) is 1. The Hall–Kier alpha value is -1.94. The molecule has 1 aromatic heterocycles. The fourth-order valence-corrected chi connectivity index (χ4v) is 5.81. The van der Waals surface area contributed by atoms with E-state index in [2.05, 4.69) is 37.6 Å². The van der Waals surface area contributed by atoms with E-state index in [4.69, 9.17) is 0 Å². The Labute approximate surface area is 198 Å². The average Bonchev–Trinajstić information content (AvgIpc) is 3.19. The molecule has 2 amide bonds. The van der Waals surface area contributed by atoms with Gasteiger partial charge in [-0.1, -0.05) is 12.1 Å². The summed E-state index contributed by atoms with van der Waals surface area (Å²) in [4.78, 5) is 34.0. The molecule has 7 nitrogen and oxygen atoms in total. The second-order valence-electron chi connectivity index (χ2n) is 8.47. The predicted molar refractivity (Wildman–Crippen MR) is 132 cm³/mol. The van der Waals surface area contributed by atoms with Gasteiger partial charge in [0.25, 0.3) is 0 Å². The summed E-state index contributed by atoms with van der Waals surface area (Å²) in [6, 6.07) is 8.17. The lowest BCUT2D eigenvalue weighted by molar-refractivity contribution is -0.121. The lowest BCUT2D eigenvalue weighted by Crippen LogP contribution is -2.41. The molecule has 0 unspecified atom stereocenters. The van der Waals surface area contributed by atoms with Crippen molar-refractivity contribution < 1.29 is 9.59 Å². The van der Waals surface area contributed by atoms with Crippen LogP contribution >= 0.6 is 23.1 Å². The first kappa shape index (κ1) is 23.2. The van der Waals surface area contributed by atoms with E-state index in [0.29, 0.717) is 11.7 Å². The zero-order valence-electron chi connectivity index (χ0n) is 18.5. The molecule has 2 aromatic rings. The van der Waals surface area contributed by atoms with Crippen molar-refractivity contribution in [3.8, 4) is 0 Å². The molecule has 0 bridgehead atoms.